The number of para-hydroxylation sites is 2. The van der Waals surface area contributed by atoms with Crippen LogP contribution < -0.4 is 11.3 Å². The van der Waals surface area contributed by atoms with Crippen molar-refractivity contribution in [2.45, 2.75) is 38.5 Å². The summed E-state index contributed by atoms with van der Waals surface area (Å²) < 4.78 is 2.40. The van der Waals surface area contributed by atoms with Gasteiger partial charge < -0.3 is 9.99 Å². The summed E-state index contributed by atoms with van der Waals surface area (Å²) in [5.41, 5.74) is 18.3. The van der Waals surface area contributed by atoms with Crippen LogP contribution in [0, 0.1) is 13.8 Å². The number of benzene rings is 8. The smallest absolute Gasteiger partial charge is 0.0728 e. The van der Waals surface area contributed by atoms with Gasteiger partial charge in [-0.15, -0.1) is 0 Å². The van der Waals surface area contributed by atoms with Gasteiger partial charge in [0.15, 0.2) is 0 Å². The number of fused-ring (bicyclic) bond motifs is 5. The van der Waals surface area contributed by atoms with Gasteiger partial charge in [-0.25, -0.2) is 0 Å². The standard InChI is InChI=1S/C41H35N3.2C7H8/c1-40(2)33-21-8-9-22-34(33)41(28-15-5-4-6-16-28,35-23-12-19-30(38(35)40)27-14-11-17-29(26-27)43-42)36-24-13-20-32-31-18-7-10-25-37(31)44(3)39(32)36;2*1-7-5-3-2-4-6-7/h4-26,43H,42H2,1-3H3;2*2-6H,1H3. The second-order valence-corrected chi connectivity index (χ2v) is 15.8. The van der Waals surface area contributed by atoms with Crippen LogP contribution in [0.25, 0.3) is 32.9 Å². The lowest BCUT2D eigenvalue weighted by atomic mass is 9.53. The predicted octanol–water partition coefficient (Wildman–Crippen LogP) is 13.3. The maximum Gasteiger partial charge on any atom is 0.0728 e. The van der Waals surface area contributed by atoms with Crippen LogP contribution in [-0.2, 0) is 17.9 Å². The number of nitrogens with zero attached hydrogens (tertiary/aromatic N) is 1. The molecule has 8 aromatic carbocycles. The van der Waals surface area contributed by atoms with Crippen LogP contribution in [0.3, 0.4) is 0 Å². The van der Waals surface area contributed by atoms with Crippen molar-refractivity contribution in [3.8, 4) is 11.1 Å². The van der Waals surface area contributed by atoms with Crippen LogP contribution in [0.1, 0.15) is 58.4 Å². The summed E-state index contributed by atoms with van der Waals surface area (Å²) in [6, 6.07) is 71.7. The molecular weight excluding hydrogens is 703 g/mol. The van der Waals surface area contributed by atoms with E-state index in [1.165, 1.54) is 71.9 Å². The molecule has 58 heavy (non-hydrogen) atoms. The van der Waals surface area contributed by atoms with E-state index >= 15 is 0 Å². The number of aryl methyl sites for hydroxylation is 3. The Balaban J connectivity index is 0.000000283. The van der Waals surface area contributed by atoms with Gasteiger partial charge in [0.05, 0.1) is 10.9 Å². The van der Waals surface area contributed by atoms with E-state index in [2.05, 4.69) is 202 Å². The van der Waals surface area contributed by atoms with Crippen LogP contribution >= 0.6 is 0 Å². The quantitative estimate of drug-likeness (QED) is 0.139. The van der Waals surface area contributed by atoms with Crippen molar-refractivity contribution < 1.29 is 0 Å². The van der Waals surface area contributed by atoms with Gasteiger partial charge in [0.1, 0.15) is 0 Å². The fraction of sp³-hybridized carbons (Fsp3) is 0.127. The highest BCUT2D eigenvalue weighted by atomic mass is 15.2. The van der Waals surface area contributed by atoms with Gasteiger partial charge in [0.25, 0.3) is 0 Å². The normalized spacial score (nSPS) is 14.9. The molecule has 0 aliphatic heterocycles. The predicted molar refractivity (Wildman–Crippen MR) is 246 cm³/mol. The minimum Gasteiger partial charge on any atom is -0.343 e. The lowest BCUT2D eigenvalue weighted by Gasteiger charge is -2.49. The Morgan fingerprint density at radius 2 is 1.00 bits per heavy atom. The molecule has 1 aliphatic rings. The maximum atomic E-state index is 5.89. The molecule has 1 aromatic heterocycles. The van der Waals surface area contributed by atoms with E-state index in [0.29, 0.717) is 0 Å². The Hall–Kier alpha value is -6.68. The first-order valence-corrected chi connectivity index (χ1v) is 20.1. The topological polar surface area (TPSA) is 43.0 Å². The van der Waals surface area contributed by atoms with Gasteiger partial charge in [-0.2, -0.15) is 0 Å². The van der Waals surface area contributed by atoms with E-state index < -0.39 is 5.41 Å². The molecule has 0 fully saturated rings. The molecule has 286 valence electrons. The highest BCUT2D eigenvalue weighted by Gasteiger charge is 2.50. The molecule has 1 atom stereocenters. The second kappa shape index (κ2) is 16.1. The number of hydrazine groups is 1. The number of hydrogen-bond acceptors (Lipinski definition) is 2. The lowest BCUT2D eigenvalue weighted by Crippen LogP contribution is -2.42. The van der Waals surface area contributed by atoms with E-state index in [-0.39, 0.29) is 5.41 Å². The van der Waals surface area contributed by atoms with E-state index in [4.69, 9.17) is 5.84 Å². The van der Waals surface area contributed by atoms with Crippen LogP contribution in [0.15, 0.2) is 200 Å². The Kier molecular flexibility index (Phi) is 10.6. The van der Waals surface area contributed by atoms with Crippen molar-refractivity contribution in [1.82, 2.24) is 4.57 Å². The number of hydrogen-bond donors (Lipinski definition) is 2. The first-order chi connectivity index (χ1) is 28.3. The van der Waals surface area contributed by atoms with Crippen LogP contribution in [0.4, 0.5) is 5.69 Å². The largest absolute Gasteiger partial charge is 0.343 e. The van der Waals surface area contributed by atoms with Gasteiger partial charge in [0.2, 0.25) is 0 Å². The van der Waals surface area contributed by atoms with Crippen molar-refractivity contribution in [2.75, 3.05) is 5.43 Å². The molecule has 3 N–H and O–H groups in total. The molecule has 3 heteroatoms. The second-order valence-electron chi connectivity index (χ2n) is 15.8. The molecule has 0 amide bonds. The zero-order valence-electron chi connectivity index (χ0n) is 34.1. The molecule has 9 aromatic rings. The summed E-state index contributed by atoms with van der Waals surface area (Å²) in [6.07, 6.45) is 0. The molecule has 3 nitrogen and oxygen atoms in total. The van der Waals surface area contributed by atoms with Crippen molar-refractivity contribution >= 4 is 27.5 Å². The Bertz CT molecular complexity index is 2780. The summed E-state index contributed by atoms with van der Waals surface area (Å²) >= 11 is 0. The van der Waals surface area contributed by atoms with Gasteiger partial charge in [-0.05, 0) is 76.6 Å². The number of nitrogen functional groups attached to an aromatic ring is 1. The molecule has 0 radical (unpaired) electrons. The minimum atomic E-state index is -0.565. The molecule has 0 saturated carbocycles. The molecule has 1 aliphatic carbocycles. The first-order valence-electron chi connectivity index (χ1n) is 20.1. The Morgan fingerprint density at radius 1 is 0.483 bits per heavy atom. The highest BCUT2D eigenvalue weighted by Crippen LogP contribution is 2.59. The van der Waals surface area contributed by atoms with Crippen molar-refractivity contribution in [1.29, 1.82) is 0 Å². The molecule has 0 spiro atoms. The Morgan fingerprint density at radius 3 is 1.64 bits per heavy atom. The average molecular weight is 754 g/mol. The third kappa shape index (κ3) is 6.68. The monoisotopic (exact) mass is 753 g/mol. The molecule has 1 unspecified atom stereocenters. The SMILES string of the molecule is Cc1ccccc1.Cc1ccccc1.Cn1c2ccccc2c2cccc(C3(c4ccccc4)c4ccccc4C(C)(C)c4c(-c5cccc(NN)c5)cccc43)c21. The van der Waals surface area contributed by atoms with Crippen molar-refractivity contribution in [3.63, 3.8) is 0 Å². The Labute approximate surface area is 343 Å². The molecule has 10 rings (SSSR count). The van der Waals surface area contributed by atoms with E-state index in [1.807, 2.05) is 42.5 Å². The summed E-state index contributed by atoms with van der Waals surface area (Å²) in [6.45, 7) is 8.93. The van der Waals surface area contributed by atoms with Crippen molar-refractivity contribution in [3.05, 3.63) is 245 Å². The molecule has 0 saturated heterocycles. The number of anilines is 1. The fourth-order valence-electron chi connectivity index (χ4n) is 9.24. The number of nitrogens with one attached hydrogen (secondary N) is 1. The van der Waals surface area contributed by atoms with Gasteiger partial charge in [-0.1, -0.05) is 207 Å². The van der Waals surface area contributed by atoms with Gasteiger partial charge in [0, 0.05) is 34.4 Å². The third-order valence-corrected chi connectivity index (χ3v) is 11.9. The average Bonchev–Trinajstić information content (AvgIpc) is 3.57. The zero-order chi connectivity index (χ0) is 40.3. The first kappa shape index (κ1) is 38.2. The van der Waals surface area contributed by atoms with Crippen molar-refractivity contribution in [2.24, 2.45) is 12.9 Å². The zero-order valence-corrected chi connectivity index (χ0v) is 34.1. The third-order valence-electron chi connectivity index (χ3n) is 11.9. The van der Waals surface area contributed by atoms with Crippen LogP contribution in [-0.4, -0.2) is 4.57 Å². The summed E-state index contributed by atoms with van der Waals surface area (Å²) in [5, 5.41) is 2.55. The van der Waals surface area contributed by atoms with Crippen LogP contribution in [0.2, 0.25) is 0 Å². The molecular formula is C55H51N3. The number of aromatic nitrogens is 1. The minimum absolute atomic E-state index is 0.264. The van der Waals surface area contributed by atoms with E-state index in [1.54, 1.807) is 0 Å². The molecule has 1 heterocycles. The summed E-state index contributed by atoms with van der Waals surface area (Å²) in [5.74, 6) is 5.89. The number of nitrogens with two attached hydrogens (primary N) is 1. The fourth-order valence-corrected chi connectivity index (χ4v) is 9.24. The summed E-state index contributed by atoms with van der Waals surface area (Å²) in [4.78, 5) is 0. The number of rotatable bonds is 4. The highest BCUT2D eigenvalue weighted by molar-refractivity contribution is 6.10. The molecule has 0 bridgehead atoms. The van der Waals surface area contributed by atoms with Gasteiger partial charge >= 0.3 is 0 Å². The van der Waals surface area contributed by atoms with Crippen LogP contribution in [0.5, 0.6) is 0 Å². The van der Waals surface area contributed by atoms with E-state index in [9.17, 15) is 0 Å². The van der Waals surface area contributed by atoms with Gasteiger partial charge in [-0.3, -0.25) is 5.84 Å². The lowest BCUT2D eigenvalue weighted by molar-refractivity contribution is 0.561. The van der Waals surface area contributed by atoms with E-state index in [0.717, 1.165) is 11.3 Å². The maximum absolute atomic E-state index is 5.89. The summed E-state index contributed by atoms with van der Waals surface area (Å²) in [7, 11) is 2.22.